The summed E-state index contributed by atoms with van der Waals surface area (Å²) in [6.45, 7) is -0.476. The first-order valence-corrected chi connectivity index (χ1v) is 9.79. The zero-order valence-corrected chi connectivity index (χ0v) is 17.1. The van der Waals surface area contributed by atoms with Crippen LogP contribution in [0.15, 0.2) is 35.2 Å². The summed E-state index contributed by atoms with van der Waals surface area (Å²) in [6.07, 6.45) is -10.4. The van der Waals surface area contributed by atoms with E-state index in [9.17, 15) is 34.8 Å². The van der Waals surface area contributed by atoms with Crippen molar-refractivity contribution in [3.8, 4) is 17.2 Å². The molecule has 0 spiro atoms. The zero-order valence-electron chi connectivity index (χ0n) is 16.3. The Morgan fingerprint density at radius 3 is 1.58 bits per heavy atom. The highest BCUT2D eigenvalue weighted by molar-refractivity contribution is 7.89. The third-order valence-electron chi connectivity index (χ3n) is 4.06. The molecule has 0 fully saturated rings. The van der Waals surface area contributed by atoms with Gasteiger partial charge in [0.1, 0.15) is 0 Å². The number of benzene rings is 2. The summed E-state index contributed by atoms with van der Waals surface area (Å²) >= 11 is 0. The zero-order chi connectivity index (χ0) is 23.6. The average molecular weight is 473 g/mol. The highest BCUT2D eigenvalue weighted by atomic mass is 32.2. The molecule has 2 aromatic rings. The van der Waals surface area contributed by atoms with E-state index in [0.29, 0.717) is 0 Å². The lowest BCUT2D eigenvalue weighted by Gasteiger charge is -2.16. The van der Waals surface area contributed by atoms with Crippen LogP contribution in [0.5, 0.6) is 17.2 Å². The Kier molecular flexibility index (Phi) is 7.00. The molecule has 0 saturated heterocycles. The molecule has 0 aliphatic heterocycles. The van der Waals surface area contributed by atoms with Gasteiger partial charge in [-0.25, -0.2) is 13.1 Å². The van der Waals surface area contributed by atoms with Crippen LogP contribution in [-0.2, 0) is 28.9 Å². The van der Waals surface area contributed by atoms with E-state index in [1.807, 2.05) is 4.72 Å². The number of ether oxygens (including phenoxy) is 3. The molecule has 13 heteroatoms. The van der Waals surface area contributed by atoms with Gasteiger partial charge in [0.25, 0.3) is 0 Å². The second kappa shape index (κ2) is 8.83. The van der Waals surface area contributed by atoms with Crippen LogP contribution < -0.4 is 18.9 Å². The summed E-state index contributed by atoms with van der Waals surface area (Å²) in [5.41, 5.74) is -3.23. The molecule has 172 valence electrons. The largest absolute Gasteiger partial charge is 0.493 e. The molecule has 0 radical (unpaired) electrons. The molecule has 0 aliphatic rings. The van der Waals surface area contributed by atoms with Crippen molar-refractivity contribution in [2.24, 2.45) is 0 Å². The smallest absolute Gasteiger partial charge is 0.416 e. The Morgan fingerprint density at radius 1 is 0.774 bits per heavy atom. The van der Waals surface area contributed by atoms with E-state index in [2.05, 4.69) is 0 Å². The van der Waals surface area contributed by atoms with Gasteiger partial charge in [0, 0.05) is 6.54 Å². The van der Waals surface area contributed by atoms with Crippen LogP contribution in [0.2, 0.25) is 0 Å². The van der Waals surface area contributed by atoms with E-state index in [0.717, 1.165) is 0 Å². The third-order valence-corrected chi connectivity index (χ3v) is 5.44. The number of sulfonamides is 1. The number of rotatable bonds is 7. The van der Waals surface area contributed by atoms with Crippen molar-refractivity contribution in [3.63, 3.8) is 0 Å². The molecule has 2 aromatic carbocycles. The lowest BCUT2D eigenvalue weighted by Crippen LogP contribution is -2.24. The maximum Gasteiger partial charge on any atom is 0.416 e. The molecule has 2 rings (SSSR count). The van der Waals surface area contributed by atoms with Crippen molar-refractivity contribution >= 4 is 10.0 Å². The minimum Gasteiger partial charge on any atom is -0.493 e. The molecular formula is C18H17F6NO5S. The lowest BCUT2D eigenvalue weighted by atomic mass is 10.1. The molecular weight excluding hydrogens is 456 g/mol. The highest BCUT2D eigenvalue weighted by Crippen LogP contribution is 2.39. The first-order valence-electron chi connectivity index (χ1n) is 8.31. The standard InChI is InChI=1S/C18H17F6NO5S/c1-28-14-4-10(5-15(29-2)16(14)30-3)9-25-31(26,27)13-7-11(17(19,20)21)6-12(8-13)18(22,23)24/h4-8,25H,9H2,1-3H3. The van der Waals surface area contributed by atoms with E-state index in [1.54, 1.807) is 0 Å². The average Bonchev–Trinajstić information content (AvgIpc) is 2.69. The Morgan fingerprint density at radius 2 is 1.23 bits per heavy atom. The van der Waals surface area contributed by atoms with Crippen molar-refractivity contribution in [1.29, 1.82) is 0 Å². The molecule has 1 N–H and O–H groups in total. The van der Waals surface area contributed by atoms with Crippen LogP contribution in [0.3, 0.4) is 0 Å². The number of alkyl halides is 6. The summed E-state index contributed by atoms with van der Waals surface area (Å²) in [7, 11) is -0.776. The molecule has 0 atom stereocenters. The normalized spacial score (nSPS) is 12.5. The van der Waals surface area contributed by atoms with Crippen LogP contribution in [0.25, 0.3) is 0 Å². The topological polar surface area (TPSA) is 73.9 Å². The van der Waals surface area contributed by atoms with Crippen LogP contribution in [0, 0.1) is 0 Å². The minimum absolute atomic E-state index is 0.132. The molecule has 6 nitrogen and oxygen atoms in total. The van der Waals surface area contributed by atoms with Crippen LogP contribution in [0.4, 0.5) is 26.3 Å². The number of halogens is 6. The fraction of sp³-hybridized carbons (Fsp3) is 0.333. The van der Waals surface area contributed by atoms with E-state index < -0.39 is 44.9 Å². The first-order chi connectivity index (χ1) is 14.2. The molecule has 0 unspecified atom stereocenters. The van der Waals surface area contributed by atoms with Gasteiger partial charge in [-0.2, -0.15) is 26.3 Å². The SMILES string of the molecule is COc1cc(CNS(=O)(=O)c2cc(C(F)(F)F)cc(C(F)(F)F)c2)cc(OC)c1OC. The number of hydrogen-bond donors (Lipinski definition) is 1. The molecule has 0 bridgehead atoms. The summed E-state index contributed by atoms with van der Waals surface area (Å²) in [5, 5.41) is 0. The number of methoxy groups -OCH3 is 3. The van der Waals surface area contributed by atoms with Gasteiger partial charge in [0.2, 0.25) is 15.8 Å². The van der Waals surface area contributed by atoms with Gasteiger partial charge in [0.15, 0.2) is 11.5 Å². The van der Waals surface area contributed by atoms with Gasteiger partial charge in [0.05, 0.1) is 37.4 Å². The van der Waals surface area contributed by atoms with Gasteiger partial charge in [-0.1, -0.05) is 0 Å². The first kappa shape index (κ1) is 24.6. The van der Waals surface area contributed by atoms with E-state index in [-0.39, 0.29) is 41.0 Å². The molecule has 31 heavy (non-hydrogen) atoms. The number of hydrogen-bond acceptors (Lipinski definition) is 5. The van der Waals surface area contributed by atoms with Crippen molar-refractivity contribution < 1.29 is 49.0 Å². The van der Waals surface area contributed by atoms with Gasteiger partial charge in [-0.3, -0.25) is 0 Å². The van der Waals surface area contributed by atoms with E-state index in [4.69, 9.17) is 14.2 Å². The lowest BCUT2D eigenvalue weighted by molar-refractivity contribution is -0.143. The Balaban J connectivity index is 2.43. The summed E-state index contributed by atoms with van der Waals surface area (Å²) < 4.78 is 120. The fourth-order valence-electron chi connectivity index (χ4n) is 2.58. The van der Waals surface area contributed by atoms with Crippen molar-refractivity contribution in [3.05, 3.63) is 47.0 Å². The van der Waals surface area contributed by atoms with E-state index >= 15 is 0 Å². The maximum atomic E-state index is 13.0. The van der Waals surface area contributed by atoms with Crippen molar-refractivity contribution in [1.82, 2.24) is 4.72 Å². The summed E-state index contributed by atoms with van der Waals surface area (Å²) in [5.74, 6) is 0.563. The monoisotopic (exact) mass is 473 g/mol. The van der Waals surface area contributed by atoms with Crippen LogP contribution in [-0.4, -0.2) is 29.7 Å². The Hall–Kier alpha value is -2.67. The molecule has 0 aromatic heterocycles. The highest BCUT2D eigenvalue weighted by Gasteiger charge is 2.38. The predicted molar refractivity (Wildman–Crippen MR) is 96.6 cm³/mol. The molecule has 0 aliphatic carbocycles. The second-order valence-electron chi connectivity index (χ2n) is 6.10. The molecule has 0 heterocycles. The summed E-state index contributed by atoms with van der Waals surface area (Å²) in [6, 6.07) is 2.85. The molecule has 0 saturated carbocycles. The van der Waals surface area contributed by atoms with Gasteiger partial charge >= 0.3 is 12.4 Å². The van der Waals surface area contributed by atoms with Crippen LogP contribution >= 0.6 is 0 Å². The molecule has 0 amide bonds. The second-order valence-corrected chi connectivity index (χ2v) is 7.87. The van der Waals surface area contributed by atoms with Crippen LogP contribution in [0.1, 0.15) is 16.7 Å². The maximum absolute atomic E-state index is 13.0. The Bertz CT molecular complexity index is 993. The van der Waals surface area contributed by atoms with Crippen molar-refractivity contribution in [2.45, 2.75) is 23.8 Å². The minimum atomic E-state index is -5.18. The fourth-order valence-corrected chi connectivity index (χ4v) is 3.67. The van der Waals surface area contributed by atoms with E-state index in [1.165, 1.54) is 33.5 Å². The summed E-state index contributed by atoms with van der Waals surface area (Å²) in [4.78, 5) is -1.18. The van der Waals surface area contributed by atoms with Crippen molar-refractivity contribution in [2.75, 3.05) is 21.3 Å². The Labute approximate surface area is 173 Å². The number of nitrogens with one attached hydrogen (secondary N) is 1. The predicted octanol–water partition coefficient (Wildman–Crippen LogP) is 4.23. The third kappa shape index (κ3) is 5.73. The van der Waals surface area contributed by atoms with Gasteiger partial charge in [-0.15, -0.1) is 0 Å². The van der Waals surface area contributed by atoms with Gasteiger partial charge < -0.3 is 14.2 Å². The quantitative estimate of drug-likeness (QED) is 0.610. The van der Waals surface area contributed by atoms with Gasteiger partial charge in [-0.05, 0) is 35.9 Å².